The van der Waals surface area contributed by atoms with E-state index in [4.69, 9.17) is 0 Å². The molecule has 1 amide bonds. The third kappa shape index (κ3) is 4.19. The summed E-state index contributed by atoms with van der Waals surface area (Å²) in [6.45, 7) is 2.43. The molecule has 1 aliphatic heterocycles. The predicted molar refractivity (Wildman–Crippen MR) is 90.1 cm³/mol. The molecule has 1 fully saturated rings. The Bertz CT molecular complexity index is 804. The minimum atomic E-state index is -0.370. The van der Waals surface area contributed by atoms with Gasteiger partial charge < -0.3 is 9.88 Å². The minimum Gasteiger partial charge on any atom is -0.336 e. The van der Waals surface area contributed by atoms with Crippen LogP contribution in [0.4, 0.5) is 4.39 Å². The van der Waals surface area contributed by atoms with E-state index in [0.29, 0.717) is 37.3 Å². The van der Waals surface area contributed by atoms with Crippen molar-refractivity contribution in [2.24, 2.45) is 0 Å². The van der Waals surface area contributed by atoms with Gasteiger partial charge in [0.25, 0.3) is 5.91 Å². The van der Waals surface area contributed by atoms with Gasteiger partial charge in [0.15, 0.2) is 5.78 Å². The second-order valence-corrected chi connectivity index (χ2v) is 5.94. The zero-order valence-corrected chi connectivity index (χ0v) is 13.6. The van der Waals surface area contributed by atoms with Crippen molar-refractivity contribution in [3.8, 4) is 0 Å². The number of carbonyl (C=O) groups excluding carboxylic acids is 2. The number of carbonyl (C=O) groups is 2. The van der Waals surface area contributed by atoms with Crippen LogP contribution in [0.5, 0.6) is 0 Å². The normalized spacial score (nSPS) is 15.2. The van der Waals surface area contributed by atoms with Crippen LogP contribution >= 0.6 is 0 Å². The molecule has 1 aromatic carbocycles. The molecule has 130 valence electrons. The third-order valence-corrected chi connectivity index (χ3v) is 4.22. The van der Waals surface area contributed by atoms with Crippen LogP contribution in [-0.4, -0.2) is 59.2 Å². The Hall–Kier alpha value is -2.80. The largest absolute Gasteiger partial charge is 0.336 e. The van der Waals surface area contributed by atoms with Crippen LogP contribution in [0.1, 0.15) is 20.7 Å². The topological polar surface area (TPSA) is 73.5 Å². The number of amides is 1. The number of hydrogen-bond acceptors (Lipinski definition) is 4. The molecule has 0 radical (unpaired) electrons. The SMILES string of the molecule is O=C(CN1CCN(C(=O)c2ccc(=O)[nH]c2)CC1)c1ccc(F)cc1. The molecule has 2 heterocycles. The van der Waals surface area contributed by atoms with Gasteiger partial charge >= 0.3 is 0 Å². The summed E-state index contributed by atoms with van der Waals surface area (Å²) in [5.74, 6) is -0.577. The highest BCUT2D eigenvalue weighted by atomic mass is 19.1. The highest BCUT2D eigenvalue weighted by molar-refractivity contribution is 5.97. The van der Waals surface area contributed by atoms with Gasteiger partial charge in [-0.2, -0.15) is 0 Å². The summed E-state index contributed by atoms with van der Waals surface area (Å²) in [6, 6.07) is 8.33. The number of aromatic amines is 1. The average Bonchev–Trinajstić information content (AvgIpc) is 2.63. The number of halogens is 1. The summed E-state index contributed by atoms with van der Waals surface area (Å²) in [5, 5.41) is 0. The summed E-state index contributed by atoms with van der Waals surface area (Å²) in [4.78, 5) is 41.8. The van der Waals surface area contributed by atoms with E-state index in [2.05, 4.69) is 4.98 Å². The Morgan fingerprint density at radius 1 is 0.960 bits per heavy atom. The molecule has 1 N–H and O–H groups in total. The Balaban J connectivity index is 1.54. The van der Waals surface area contributed by atoms with Crippen LogP contribution in [-0.2, 0) is 0 Å². The molecule has 1 saturated heterocycles. The number of H-pyrrole nitrogens is 1. The summed E-state index contributed by atoms with van der Waals surface area (Å²) in [5.41, 5.74) is 0.671. The number of benzene rings is 1. The first-order valence-corrected chi connectivity index (χ1v) is 8.02. The number of aromatic nitrogens is 1. The second-order valence-electron chi connectivity index (χ2n) is 5.94. The first-order valence-electron chi connectivity index (χ1n) is 8.02. The van der Waals surface area contributed by atoms with E-state index >= 15 is 0 Å². The smallest absolute Gasteiger partial charge is 0.255 e. The molecule has 0 saturated carbocycles. The summed E-state index contributed by atoms with van der Waals surface area (Å²) in [6.07, 6.45) is 1.41. The molecule has 7 heteroatoms. The minimum absolute atomic E-state index is 0.0691. The van der Waals surface area contributed by atoms with Crippen LogP contribution in [0.2, 0.25) is 0 Å². The highest BCUT2D eigenvalue weighted by Crippen LogP contribution is 2.09. The molecule has 0 unspecified atom stereocenters. The number of Topliss-reactive ketones (excluding diaryl/α,β-unsaturated/α-hetero) is 1. The zero-order valence-electron chi connectivity index (χ0n) is 13.6. The number of piperazine rings is 1. The van der Waals surface area contributed by atoms with E-state index < -0.39 is 0 Å². The molecule has 1 aliphatic rings. The fraction of sp³-hybridized carbons (Fsp3) is 0.278. The van der Waals surface area contributed by atoms with E-state index in [1.165, 1.54) is 42.6 Å². The number of ketones is 1. The molecule has 1 aromatic heterocycles. The lowest BCUT2D eigenvalue weighted by atomic mass is 10.1. The maximum atomic E-state index is 12.9. The van der Waals surface area contributed by atoms with Gasteiger partial charge in [0.2, 0.25) is 5.56 Å². The summed E-state index contributed by atoms with van der Waals surface area (Å²) in [7, 11) is 0. The molecule has 3 rings (SSSR count). The lowest BCUT2D eigenvalue weighted by Crippen LogP contribution is -2.50. The fourth-order valence-electron chi connectivity index (χ4n) is 2.77. The van der Waals surface area contributed by atoms with Gasteiger partial charge in [0.1, 0.15) is 5.82 Å². The maximum absolute atomic E-state index is 12.9. The first kappa shape index (κ1) is 17.0. The third-order valence-electron chi connectivity index (χ3n) is 4.22. The molecule has 0 aliphatic carbocycles. The van der Waals surface area contributed by atoms with E-state index in [-0.39, 0.29) is 29.6 Å². The van der Waals surface area contributed by atoms with Crippen molar-refractivity contribution in [2.45, 2.75) is 0 Å². The Labute approximate surface area is 143 Å². The van der Waals surface area contributed by atoms with Gasteiger partial charge in [0, 0.05) is 44.0 Å². The van der Waals surface area contributed by atoms with Gasteiger partial charge in [-0.05, 0) is 30.3 Å². The lowest BCUT2D eigenvalue weighted by molar-refractivity contribution is 0.0624. The van der Waals surface area contributed by atoms with Gasteiger partial charge in [-0.15, -0.1) is 0 Å². The molecular formula is C18H18FN3O3. The Morgan fingerprint density at radius 2 is 1.60 bits per heavy atom. The number of nitrogens with zero attached hydrogens (tertiary/aromatic N) is 2. The summed E-state index contributed by atoms with van der Waals surface area (Å²) >= 11 is 0. The predicted octanol–water partition coefficient (Wildman–Crippen LogP) is 1.15. The van der Waals surface area contributed by atoms with Crippen LogP contribution in [0, 0.1) is 5.82 Å². The molecule has 2 aromatic rings. The van der Waals surface area contributed by atoms with E-state index in [0.717, 1.165) is 0 Å². The number of hydrogen-bond donors (Lipinski definition) is 1. The zero-order chi connectivity index (χ0) is 17.8. The van der Waals surface area contributed by atoms with E-state index in [1.807, 2.05) is 4.90 Å². The first-order chi connectivity index (χ1) is 12.0. The summed E-state index contributed by atoms with van der Waals surface area (Å²) < 4.78 is 12.9. The van der Waals surface area contributed by atoms with Crippen molar-refractivity contribution >= 4 is 11.7 Å². The van der Waals surface area contributed by atoms with E-state index in [1.54, 1.807) is 4.90 Å². The number of pyridine rings is 1. The Morgan fingerprint density at radius 3 is 2.20 bits per heavy atom. The van der Waals surface area contributed by atoms with Gasteiger partial charge in [-0.3, -0.25) is 19.3 Å². The molecule has 6 nitrogen and oxygen atoms in total. The van der Waals surface area contributed by atoms with Crippen molar-refractivity contribution in [3.05, 3.63) is 69.9 Å². The molecule has 0 atom stereocenters. The van der Waals surface area contributed by atoms with Crippen LogP contribution in [0.15, 0.2) is 47.4 Å². The highest BCUT2D eigenvalue weighted by Gasteiger charge is 2.23. The van der Waals surface area contributed by atoms with Gasteiger partial charge in [-0.1, -0.05) is 0 Å². The van der Waals surface area contributed by atoms with Crippen molar-refractivity contribution in [2.75, 3.05) is 32.7 Å². The van der Waals surface area contributed by atoms with Gasteiger partial charge in [0.05, 0.1) is 12.1 Å². The quantitative estimate of drug-likeness (QED) is 0.846. The van der Waals surface area contributed by atoms with Crippen LogP contribution < -0.4 is 5.56 Å². The molecule has 0 spiro atoms. The van der Waals surface area contributed by atoms with Crippen molar-refractivity contribution < 1.29 is 14.0 Å². The van der Waals surface area contributed by atoms with Crippen molar-refractivity contribution in [3.63, 3.8) is 0 Å². The maximum Gasteiger partial charge on any atom is 0.255 e. The molecular weight excluding hydrogens is 325 g/mol. The average molecular weight is 343 g/mol. The monoisotopic (exact) mass is 343 g/mol. The number of rotatable bonds is 4. The van der Waals surface area contributed by atoms with Crippen LogP contribution in [0.25, 0.3) is 0 Å². The number of nitrogens with one attached hydrogen (secondary N) is 1. The fourth-order valence-corrected chi connectivity index (χ4v) is 2.77. The molecule has 0 bridgehead atoms. The second kappa shape index (κ2) is 7.40. The standard InChI is InChI=1S/C18H18FN3O3/c19-15-4-1-13(2-5-15)16(23)12-21-7-9-22(10-8-21)18(25)14-3-6-17(24)20-11-14/h1-6,11H,7-10,12H2,(H,20,24). The Kier molecular flexibility index (Phi) is 5.04. The molecule has 25 heavy (non-hydrogen) atoms. The van der Waals surface area contributed by atoms with E-state index in [9.17, 15) is 18.8 Å². The van der Waals surface area contributed by atoms with Crippen LogP contribution in [0.3, 0.4) is 0 Å². The van der Waals surface area contributed by atoms with Gasteiger partial charge in [-0.25, -0.2) is 4.39 Å². The van der Waals surface area contributed by atoms with Crippen molar-refractivity contribution in [1.82, 2.24) is 14.8 Å². The lowest BCUT2D eigenvalue weighted by Gasteiger charge is -2.34. The van der Waals surface area contributed by atoms with Crippen molar-refractivity contribution in [1.29, 1.82) is 0 Å².